The molecule has 0 atom stereocenters. The van der Waals surface area contributed by atoms with E-state index in [1.165, 1.54) is 54.8 Å². The van der Waals surface area contributed by atoms with E-state index >= 15 is 9.59 Å². The first-order valence-corrected chi connectivity index (χ1v) is 22.9. The van der Waals surface area contributed by atoms with E-state index in [-0.39, 0.29) is 0 Å². The number of aromatic nitrogens is 2. The molecule has 58 heavy (non-hydrogen) atoms. The summed E-state index contributed by atoms with van der Waals surface area (Å²) >= 11 is 2.96. The Balaban J connectivity index is 1.20. The Hall–Kier alpha value is -4.28. The minimum Gasteiger partial charge on any atom is -0.379 e. The van der Waals surface area contributed by atoms with Crippen LogP contribution in [0.5, 0.6) is 0 Å². The fourth-order valence-electron chi connectivity index (χ4n) is 8.50. The SMILES string of the molecule is Cc1ccc(N(C(=O)Nc2ncc(CN3CCCCC3)s2)N(C(=O)Nc2ncc(CN3CCOCC3)s2)c2ccc(C)cc2N2CCCCC2)c(N2CCCCC2)c1. The first-order valence-electron chi connectivity index (χ1n) is 21.2. The molecule has 4 saturated heterocycles. The van der Waals surface area contributed by atoms with Crippen molar-refractivity contribution in [2.75, 3.05) is 96.0 Å². The van der Waals surface area contributed by atoms with Crippen molar-refractivity contribution in [3.63, 3.8) is 0 Å². The number of rotatable bonds is 10. The van der Waals surface area contributed by atoms with Gasteiger partial charge in [0.05, 0.1) is 36.0 Å². The van der Waals surface area contributed by atoms with E-state index in [0.29, 0.717) is 34.9 Å². The number of carbonyl (C=O) groups is 2. The normalized spacial score (nSPS) is 18.2. The van der Waals surface area contributed by atoms with Gasteiger partial charge in [-0.05, 0) is 114 Å². The summed E-state index contributed by atoms with van der Waals surface area (Å²) in [5.74, 6) is 0. The third-order valence-electron chi connectivity index (χ3n) is 11.5. The zero-order valence-electron chi connectivity index (χ0n) is 34.1. The number of hydrogen-bond donors (Lipinski definition) is 2. The lowest BCUT2D eigenvalue weighted by Gasteiger charge is -2.40. The minimum atomic E-state index is -0.473. The molecule has 2 aromatic heterocycles. The molecule has 2 aromatic carbocycles. The first-order chi connectivity index (χ1) is 28.4. The van der Waals surface area contributed by atoms with E-state index in [9.17, 15) is 0 Å². The van der Waals surface area contributed by atoms with Gasteiger partial charge in [0.2, 0.25) is 0 Å². The van der Waals surface area contributed by atoms with Crippen LogP contribution in [0.25, 0.3) is 0 Å². The maximum Gasteiger partial charge on any atom is 0.347 e. The summed E-state index contributed by atoms with van der Waals surface area (Å²) in [4.78, 5) is 51.6. The summed E-state index contributed by atoms with van der Waals surface area (Å²) in [6.07, 6.45) is 14.0. The highest BCUT2D eigenvalue weighted by molar-refractivity contribution is 7.16. The third kappa shape index (κ3) is 9.94. The number of nitrogens with zero attached hydrogens (tertiary/aromatic N) is 8. The number of urea groups is 2. The van der Waals surface area contributed by atoms with Crippen LogP contribution >= 0.6 is 22.7 Å². The molecule has 4 aliphatic heterocycles. The van der Waals surface area contributed by atoms with E-state index in [2.05, 4.69) is 61.2 Å². The second-order valence-corrected chi connectivity index (χ2v) is 18.3. The van der Waals surface area contributed by atoms with Crippen LogP contribution < -0.4 is 30.5 Å². The van der Waals surface area contributed by atoms with Gasteiger partial charge in [0.25, 0.3) is 0 Å². The lowest BCUT2D eigenvalue weighted by atomic mass is 10.1. The van der Waals surface area contributed by atoms with Crippen LogP contribution in [0.3, 0.4) is 0 Å². The standard InChI is InChI=1S/C43H58N10O3S2/c1-32-12-14-36(38(26-32)50-18-8-4-9-19-50)52(42(54)46-40-44-28-34(57-40)30-48-16-6-3-7-17-48)53(37-15-13-33(2)27-39(37)51-20-10-5-11-21-51)43(55)47-41-45-29-35(58-41)31-49-22-24-56-25-23-49/h12-15,26-29H,3-11,16-25,30-31H2,1-2H3,(H,44,46,54)(H,45,47,55). The molecule has 310 valence electrons. The Labute approximate surface area is 350 Å². The molecule has 4 fully saturated rings. The molecule has 15 heteroatoms. The zero-order valence-corrected chi connectivity index (χ0v) is 35.7. The summed E-state index contributed by atoms with van der Waals surface area (Å²) < 4.78 is 5.56. The number of hydrazine groups is 1. The zero-order chi connectivity index (χ0) is 39.8. The van der Waals surface area contributed by atoms with E-state index in [4.69, 9.17) is 9.72 Å². The van der Waals surface area contributed by atoms with Crippen molar-refractivity contribution < 1.29 is 14.3 Å². The summed E-state index contributed by atoms with van der Waals surface area (Å²) in [6, 6.07) is 11.4. The number of piperidine rings is 3. The van der Waals surface area contributed by atoms with Gasteiger partial charge < -0.3 is 14.5 Å². The fourth-order valence-corrected chi connectivity index (χ4v) is 10.2. The third-order valence-corrected chi connectivity index (χ3v) is 13.3. The maximum atomic E-state index is 15.3. The van der Waals surface area contributed by atoms with Crippen molar-refractivity contribution in [3.8, 4) is 0 Å². The number of ether oxygens (including phenoxy) is 1. The molecule has 0 spiro atoms. The van der Waals surface area contributed by atoms with Gasteiger partial charge in [-0.25, -0.2) is 19.6 Å². The van der Waals surface area contributed by atoms with Crippen LogP contribution in [0.4, 0.5) is 42.6 Å². The van der Waals surface area contributed by atoms with Crippen molar-refractivity contribution in [1.82, 2.24) is 19.8 Å². The molecular weight excluding hydrogens is 769 g/mol. The molecule has 4 amide bonds. The molecule has 13 nitrogen and oxygen atoms in total. The Bertz CT molecular complexity index is 1860. The number of likely N-dealkylation sites (tertiary alicyclic amines) is 1. The molecule has 0 radical (unpaired) electrons. The largest absolute Gasteiger partial charge is 0.379 e. The molecular formula is C43H58N10O3S2. The number of amides is 4. The molecule has 6 heterocycles. The minimum absolute atomic E-state index is 0.464. The molecule has 2 N–H and O–H groups in total. The van der Waals surface area contributed by atoms with Crippen molar-refractivity contribution in [1.29, 1.82) is 0 Å². The second kappa shape index (κ2) is 19.2. The Morgan fingerprint density at radius 1 is 0.603 bits per heavy atom. The number of benzene rings is 2. The number of hydrogen-bond acceptors (Lipinski definition) is 11. The molecule has 0 unspecified atom stereocenters. The smallest absolute Gasteiger partial charge is 0.347 e. The highest BCUT2D eigenvalue weighted by Gasteiger charge is 2.36. The lowest BCUT2D eigenvalue weighted by Crippen LogP contribution is -2.55. The summed E-state index contributed by atoms with van der Waals surface area (Å²) in [7, 11) is 0. The summed E-state index contributed by atoms with van der Waals surface area (Å²) in [6.45, 7) is 14.5. The van der Waals surface area contributed by atoms with Gasteiger partial charge in [0, 0.05) is 74.5 Å². The van der Waals surface area contributed by atoms with Crippen molar-refractivity contribution in [2.45, 2.75) is 84.7 Å². The van der Waals surface area contributed by atoms with Gasteiger partial charge in [0.1, 0.15) is 0 Å². The fraction of sp³-hybridized carbons (Fsp3) is 0.535. The van der Waals surface area contributed by atoms with Crippen LogP contribution in [-0.2, 0) is 17.8 Å². The predicted octanol–water partition coefficient (Wildman–Crippen LogP) is 8.71. The number of morpholine rings is 1. The number of aryl methyl sites for hydroxylation is 2. The van der Waals surface area contributed by atoms with Crippen LogP contribution in [-0.4, -0.2) is 97.4 Å². The average molecular weight is 827 g/mol. The van der Waals surface area contributed by atoms with E-state index < -0.39 is 12.1 Å². The van der Waals surface area contributed by atoms with E-state index in [1.807, 2.05) is 36.7 Å². The highest BCUT2D eigenvalue weighted by atomic mass is 32.1. The van der Waals surface area contributed by atoms with E-state index in [0.717, 1.165) is 123 Å². The van der Waals surface area contributed by atoms with Crippen LogP contribution in [0.2, 0.25) is 0 Å². The first kappa shape index (κ1) is 40.5. The van der Waals surface area contributed by atoms with Gasteiger partial charge in [-0.2, -0.15) is 10.0 Å². The van der Waals surface area contributed by atoms with Crippen molar-refractivity contribution >= 4 is 67.7 Å². The van der Waals surface area contributed by atoms with Gasteiger partial charge in [-0.15, -0.1) is 22.7 Å². The van der Waals surface area contributed by atoms with Gasteiger partial charge in [-0.3, -0.25) is 20.4 Å². The van der Waals surface area contributed by atoms with Gasteiger partial charge in [0.15, 0.2) is 10.3 Å². The summed E-state index contributed by atoms with van der Waals surface area (Å²) in [5, 5.41) is 10.4. The molecule has 0 bridgehead atoms. The maximum absolute atomic E-state index is 15.3. The van der Waals surface area contributed by atoms with Gasteiger partial charge >= 0.3 is 12.1 Å². The Kier molecular flexibility index (Phi) is 13.4. The molecule has 4 aliphatic rings. The molecule has 0 aliphatic carbocycles. The number of carbonyl (C=O) groups excluding carboxylic acids is 2. The average Bonchev–Trinajstić information content (AvgIpc) is 3.89. The topological polar surface area (TPSA) is 113 Å². The van der Waals surface area contributed by atoms with E-state index in [1.54, 1.807) is 10.0 Å². The molecule has 4 aromatic rings. The van der Waals surface area contributed by atoms with Crippen LogP contribution in [0.15, 0.2) is 48.8 Å². The van der Waals surface area contributed by atoms with Gasteiger partial charge in [-0.1, -0.05) is 18.6 Å². The lowest BCUT2D eigenvalue weighted by molar-refractivity contribution is 0.0346. The number of anilines is 6. The number of nitrogens with one attached hydrogen (secondary N) is 2. The van der Waals surface area contributed by atoms with Crippen molar-refractivity contribution in [3.05, 3.63) is 69.7 Å². The quantitative estimate of drug-likeness (QED) is 0.152. The second-order valence-electron chi connectivity index (χ2n) is 16.1. The molecule has 8 rings (SSSR count). The highest BCUT2D eigenvalue weighted by Crippen LogP contribution is 2.40. The Morgan fingerprint density at radius 2 is 1.02 bits per heavy atom. The summed E-state index contributed by atoms with van der Waals surface area (Å²) in [5.41, 5.74) is 5.27. The monoisotopic (exact) mass is 826 g/mol. The predicted molar refractivity (Wildman–Crippen MR) is 237 cm³/mol. The van der Waals surface area contributed by atoms with Crippen LogP contribution in [0.1, 0.15) is 78.7 Å². The van der Waals surface area contributed by atoms with Crippen molar-refractivity contribution in [2.24, 2.45) is 0 Å². The Morgan fingerprint density at radius 3 is 1.47 bits per heavy atom. The molecule has 0 saturated carbocycles. The number of thiazole rings is 2. The van der Waals surface area contributed by atoms with Crippen LogP contribution in [0, 0.1) is 13.8 Å².